The molecule has 0 radical (unpaired) electrons. The van der Waals surface area contributed by atoms with Gasteiger partial charge in [0.25, 0.3) is 0 Å². The van der Waals surface area contributed by atoms with Gasteiger partial charge in [0, 0.05) is 10.4 Å². The third kappa shape index (κ3) is 3.87. The fourth-order valence-electron chi connectivity index (χ4n) is 2.46. The van der Waals surface area contributed by atoms with E-state index in [1.165, 1.54) is 0 Å². The summed E-state index contributed by atoms with van der Waals surface area (Å²) in [5.41, 5.74) is 1.04. The zero-order valence-electron chi connectivity index (χ0n) is 11.7. The Balaban J connectivity index is 2.32. The highest BCUT2D eigenvalue weighted by atomic mass is 79.9. The first-order valence-electron chi connectivity index (χ1n) is 6.83. The van der Waals surface area contributed by atoms with E-state index in [0.29, 0.717) is 18.7 Å². The molecule has 0 amide bonds. The molecular formula is C14H17BrN4O2. The van der Waals surface area contributed by atoms with E-state index < -0.39 is 11.9 Å². The van der Waals surface area contributed by atoms with Gasteiger partial charge in [-0.1, -0.05) is 47.5 Å². The Bertz CT molecular complexity index is 588. The molecule has 2 aromatic rings. The van der Waals surface area contributed by atoms with Gasteiger partial charge < -0.3 is 5.11 Å². The second-order valence-corrected chi connectivity index (χ2v) is 5.78. The molecule has 0 bridgehead atoms. The molecule has 1 aromatic heterocycles. The van der Waals surface area contributed by atoms with E-state index in [1.54, 1.807) is 0 Å². The number of benzene rings is 1. The van der Waals surface area contributed by atoms with Gasteiger partial charge in [-0.15, -0.1) is 5.10 Å². The van der Waals surface area contributed by atoms with Crippen molar-refractivity contribution in [2.24, 2.45) is 5.92 Å². The Morgan fingerprint density at radius 1 is 1.43 bits per heavy atom. The average molecular weight is 353 g/mol. The zero-order valence-corrected chi connectivity index (χ0v) is 13.2. The lowest BCUT2D eigenvalue weighted by Gasteiger charge is -2.21. The number of aromatic nitrogens is 4. The standard InChI is InChI=1S/C14H17BrN4O2/c1-2-5-10(14(20)21)11(13-16-18-19-17-13)8-9-6-3-4-7-12(9)15/h3-4,6-7,10-11H,2,5,8H2,1H3,(H,20,21)(H,16,17,18,19)/t10-,11-/m0/s1. The molecule has 0 saturated heterocycles. The van der Waals surface area contributed by atoms with Crippen LogP contribution < -0.4 is 0 Å². The molecule has 2 rings (SSSR count). The summed E-state index contributed by atoms with van der Waals surface area (Å²) in [7, 11) is 0. The maximum Gasteiger partial charge on any atom is 0.307 e. The third-order valence-electron chi connectivity index (χ3n) is 3.51. The number of nitrogens with zero attached hydrogens (tertiary/aromatic N) is 3. The number of aliphatic carboxylic acids is 1. The Kier molecular flexibility index (Phi) is 5.44. The number of rotatable bonds is 7. The van der Waals surface area contributed by atoms with Gasteiger partial charge in [0.1, 0.15) is 0 Å². The Morgan fingerprint density at radius 2 is 2.19 bits per heavy atom. The molecule has 0 unspecified atom stereocenters. The SMILES string of the molecule is CCC[C@H](C(=O)O)[C@H](Cc1ccccc1Br)c1nnn[nH]1. The molecule has 0 aliphatic rings. The molecule has 0 fully saturated rings. The number of tetrazole rings is 1. The first-order valence-corrected chi connectivity index (χ1v) is 7.62. The number of carbonyl (C=O) groups is 1. The van der Waals surface area contributed by atoms with E-state index in [1.807, 2.05) is 31.2 Å². The van der Waals surface area contributed by atoms with Gasteiger partial charge >= 0.3 is 5.97 Å². The van der Waals surface area contributed by atoms with Crippen molar-refractivity contribution >= 4 is 21.9 Å². The van der Waals surface area contributed by atoms with Crippen LogP contribution in [0.1, 0.15) is 37.1 Å². The van der Waals surface area contributed by atoms with Crippen molar-refractivity contribution in [3.05, 3.63) is 40.1 Å². The molecule has 112 valence electrons. The van der Waals surface area contributed by atoms with Crippen molar-refractivity contribution in [2.75, 3.05) is 0 Å². The van der Waals surface area contributed by atoms with Gasteiger partial charge in [-0.3, -0.25) is 4.79 Å². The van der Waals surface area contributed by atoms with Gasteiger partial charge in [0.2, 0.25) is 0 Å². The van der Waals surface area contributed by atoms with Crippen LogP contribution in [0, 0.1) is 5.92 Å². The van der Waals surface area contributed by atoms with Crippen LogP contribution in [0.15, 0.2) is 28.7 Å². The minimum Gasteiger partial charge on any atom is -0.481 e. The van der Waals surface area contributed by atoms with Crippen LogP contribution in [-0.2, 0) is 11.2 Å². The summed E-state index contributed by atoms with van der Waals surface area (Å²) in [6, 6.07) is 7.79. The van der Waals surface area contributed by atoms with Crippen LogP contribution in [0.4, 0.5) is 0 Å². The van der Waals surface area contributed by atoms with Crippen LogP contribution in [-0.4, -0.2) is 31.7 Å². The number of halogens is 1. The maximum atomic E-state index is 11.6. The molecule has 2 N–H and O–H groups in total. The molecule has 0 aliphatic carbocycles. The summed E-state index contributed by atoms with van der Waals surface area (Å²) >= 11 is 3.50. The number of carboxylic acid groups (broad SMARTS) is 1. The van der Waals surface area contributed by atoms with E-state index in [0.717, 1.165) is 16.5 Å². The second kappa shape index (κ2) is 7.31. The summed E-state index contributed by atoms with van der Waals surface area (Å²) in [4.78, 5) is 11.6. The van der Waals surface area contributed by atoms with Crippen molar-refractivity contribution in [1.29, 1.82) is 0 Å². The average Bonchev–Trinajstić information content (AvgIpc) is 2.98. The fraction of sp³-hybridized carbons (Fsp3) is 0.429. The van der Waals surface area contributed by atoms with E-state index in [9.17, 15) is 9.90 Å². The topological polar surface area (TPSA) is 91.8 Å². The van der Waals surface area contributed by atoms with Crippen LogP contribution in [0.3, 0.4) is 0 Å². The summed E-state index contributed by atoms with van der Waals surface area (Å²) in [5, 5.41) is 23.3. The highest BCUT2D eigenvalue weighted by molar-refractivity contribution is 9.10. The summed E-state index contributed by atoms with van der Waals surface area (Å²) in [6.07, 6.45) is 1.95. The Labute approximate surface area is 131 Å². The largest absolute Gasteiger partial charge is 0.481 e. The van der Waals surface area contributed by atoms with Gasteiger partial charge in [0.15, 0.2) is 5.82 Å². The smallest absolute Gasteiger partial charge is 0.307 e. The first-order chi connectivity index (χ1) is 10.1. The number of carboxylic acids is 1. The van der Waals surface area contributed by atoms with Crippen LogP contribution in [0.2, 0.25) is 0 Å². The molecule has 7 heteroatoms. The van der Waals surface area contributed by atoms with Gasteiger partial charge in [-0.2, -0.15) is 0 Å². The van der Waals surface area contributed by atoms with Crippen molar-refractivity contribution in [1.82, 2.24) is 20.6 Å². The zero-order chi connectivity index (χ0) is 15.2. The van der Waals surface area contributed by atoms with E-state index >= 15 is 0 Å². The summed E-state index contributed by atoms with van der Waals surface area (Å²) in [6.45, 7) is 1.98. The number of aromatic amines is 1. The fourth-order valence-corrected chi connectivity index (χ4v) is 2.91. The van der Waals surface area contributed by atoms with E-state index in [4.69, 9.17) is 0 Å². The molecular weight excluding hydrogens is 336 g/mol. The molecule has 6 nitrogen and oxygen atoms in total. The molecule has 1 aromatic carbocycles. The minimum atomic E-state index is -0.815. The minimum absolute atomic E-state index is 0.281. The molecule has 0 saturated carbocycles. The second-order valence-electron chi connectivity index (χ2n) is 4.92. The van der Waals surface area contributed by atoms with E-state index in [-0.39, 0.29) is 5.92 Å². The number of hydrogen-bond acceptors (Lipinski definition) is 4. The number of H-pyrrole nitrogens is 1. The monoisotopic (exact) mass is 352 g/mol. The molecule has 21 heavy (non-hydrogen) atoms. The summed E-state index contributed by atoms with van der Waals surface area (Å²) < 4.78 is 0.961. The van der Waals surface area contributed by atoms with Crippen molar-refractivity contribution < 1.29 is 9.90 Å². The van der Waals surface area contributed by atoms with Crippen molar-refractivity contribution in [3.8, 4) is 0 Å². The highest BCUT2D eigenvalue weighted by Crippen LogP contribution is 2.31. The molecule has 0 spiro atoms. The quantitative estimate of drug-likeness (QED) is 0.799. The highest BCUT2D eigenvalue weighted by Gasteiger charge is 2.31. The van der Waals surface area contributed by atoms with Crippen molar-refractivity contribution in [3.63, 3.8) is 0 Å². The lowest BCUT2D eigenvalue weighted by atomic mass is 9.83. The van der Waals surface area contributed by atoms with Crippen LogP contribution >= 0.6 is 15.9 Å². The van der Waals surface area contributed by atoms with Crippen molar-refractivity contribution in [2.45, 2.75) is 32.1 Å². The van der Waals surface area contributed by atoms with Crippen LogP contribution in [0.25, 0.3) is 0 Å². The van der Waals surface area contributed by atoms with Gasteiger partial charge in [-0.05, 0) is 34.9 Å². The van der Waals surface area contributed by atoms with E-state index in [2.05, 4.69) is 36.6 Å². The predicted molar refractivity (Wildman–Crippen MR) is 80.8 cm³/mol. The summed E-state index contributed by atoms with van der Waals surface area (Å²) in [5.74, 6) is -1.09. The Morgan fingerprint density at radius 3 is 2.76 bits per heavy atom. The lowest BCUT2D eigenvalue weighted by molar-refractivity contribution is -0.142. The Hall–Kier alpha value is -1.76. The number of nitrogens with one attached hydrogen (secondary N) is 1. The third-order valence-corrected chi connectivity index (χ3v) is 4.29. The number of hydrogen-bond donors (Lipinski definition) is 2. The molecule has 1 heterocycles. The maximum absolute atomic E-state index is 11.6. The predicted octanol–water partition coefficient (Wildman–Crippen LogP) is 2.79. The normalized spacial score (nSPS) is 13.8. The lowest BCUT2D eigenvalue weighted by Crippen LogP contribution is -2.25. The molecule has 0 aliphatic heterocycles. The van der Waals surface area contributed by atoms with Gasteiger partial charge in [0.05, 0.1) is 5.92 Å². The van der Waals surface area contributed by atoms with Gasteiger partial charge in [-0.25, -0.2) is 5.10 Å². The first kappa shape index (κ1) is 15.6. The molecule has 2 atom stereocenters. The van der Waals surface area contributed by atoms with Crippen LogP contribution in [0.5, 0.6) is 0 Å².